The van der Waals surface area contributed by atoms with Crippen LogP contribution in [-0.4, -0.2) is 11.6 Å². The lowest BCUT2D eigenvalue weighted by Gasteiger charge is -2.21. The van der Waals surface area contributed by atoms with Crippen molar-refractivity contribution in [2.24, 2.45) is 0 Å². The van der Waals surface area contributed by atoms with Crippen LogP contribution >= 0.6 is 39.1 Å². The molecule has 0 unspecified atom stereocenters. The summed E-state index contributed by atoms with van der Waals surface area (Å²) in [6.07, 6.45) is 0. The lowest BCUT2D eigenvalue weighted by molar-refractivity contribution is 0.244. The number of rotatable bonds is 1. The van der Waals surface area contributed by atoms with Crippen LogP contribution in [0.25, 0.3) is 0 Å². The van der Waals surface area contributed by atoms with Crippen molar-refractivity contribution in [1.82, 2.24) is 5.32 Å². The van der Waals surface area contributed by atoms with Crippen molar-refractivity contribution in [3.63, 3.8) is 0 Å². The monoisotopic (exact) mass is 338 g/mol. The van der Waals surface area contributed by atoms with Gasteiger partial charge in [-0.2, -0.15) is 0 Å². The highest BCUT2D eigenvalue weighted by molar-refractivity contribution is 9.10. The Bertz CT molecular complexity index is 444. The van der Waals surface area contributed by atoms with Crippen LogP contribution in [0.1, 0.15) is 20.8 Å². The van der Waals surface area contributed by atoms with Crippen molar-refractivity contribution in [3.05, 3.63) is 26.7 Å². The van der Waals surface area contributed by atoms with Gasteiger partial charge < -0.3 is 10.6 Å². The first-order valence-corrected chi connectivity index (χ1v) is 6.48. The predicted molar refractivity (Wildman–Crippen MR) is 76.1 cm³/mol. The molecule has 94 valence electrons. The third kappa shape index (κ3) is 4.37. The van der Waals surface area contributed by atoms with E-state index in [1.807, 2.05) is 20.8 Å². The summed E-state index contributed by atoms with van der Waals surface area (Å²) in [6.45, 7) is 5.67. The van der Waals surface area contributed by atoms with Gasteiger partial charge in [-0.25, -0.2) is 4.79 Å². The van der Waals surface area contributed by atoms with Crippen LogP contribution in [0.15, 0.2) is 16.6 Å². The Morgan fingerprint density at radius 2 is 1.82 bits per heavy atom. The number of nitrogens with one attached hydrogen (secondary N) is 2. The molecule has 17 heavy (non-hydrogen) atoms. The molecule has 0 bridgehead atoms. The van der Waals surface area contributed by atoms with Crippen molar-refractivity contribution >= 4 is 50.9 Å². The zero-order chi connectivity index (χ0) is 13.2. The fourth-order valence-electron chi connectivity index (χ4n) is 1.12. The van der Waals surface area contributed by atoms with E-state index < -0.39 is 0 Å². The molecule has 1 rings (SSSR count). The van der Waals surface area contributed by atoms with Gasteiger partial charge in [0, 0.05) is 10.0 Å². The highest BCUT2D eigenvalue weighted by Gasteiger charge is 2.15. The summed E-state index contributed by atoms with van der Waals surface area (Å²) in [5.74, 6) is 0. The van der Waals surface area contributed by atoms with Gasteiger partial charge in [-0.1, -0.05) is 23.2 Å². The third-order valence-corrected chi connectivity index (χ3v) is 3.54. The van der Waals surface area contributed by atoms with Gasteiger partial charge in [0.2, 0.25) is 0 Å². The van der Waals surface area contributed by atoms with Crippen LogP contribution < -0.4 is 10.6 Å². The molecular weight excluding hydrogens is 327 g/mol. The molecule has 0 spiro atoms. The minimum Gasteiger partial charge on any atom is -0.333 e. The highest BCUT2D eigenvalue weighted by Crippen LogP contribution is 2.35. The summed E-state index contributed by atoms with van der Waals surface area (Å²) in [4.78, 5) is 11.6. The summed E-state index contributed by atoms with van der Waals surface area (Å²) < 4.78 is 0.686. The molecule has 0 aromatic heterocycles. The molecule has 0 radical (unpaired) electrons. The standard InChI is InChI=1S/C11H13BrCl2N2O/c1-11(2,3)16-10(17)15-7-5-4-6(12)8(13)9(7)14/h4-5H,1-3H3,(H2,15,16,17). The lowest BCUT2D eigenvalue weighted by Crippen LogP contribution is -2.43. The molecule has 2 N–H and O–H groups in total. The van der Waals surface area contributed by atoms with E-state index in [2.05, 4.69) is 26.6 Å². The van der Waals surface area contributed by atoms with Crippen LogP contribution in [0.5, 0.6) is 0 Å². The number of anilines is 1. The first kappa shape index (κ1) is 14.6. The molecule has 0 aliphatic heterocycles. The Kier molecular flexibility index (Phi) is 4.69. The summed E-state index contributed by atoms with van der Waals surface area (Å²) in [7, 11) is 0. The normalized spacial score (nSPS) is 11.2. The molecule has 0 saturated heterocycles. The molecular formula is C11H13BrCl2N2O. The highest BCUT2D eigenvalue weighted by atomic mass is 79.9. The van der Waals surface area contributed by atoms with E-state index in [0.717, 1.165) is 0 Å². The van der Waals surface area contributed by atoms with Gasteiger partial charge in [-0.05, 0) is 48.8 Å². The number of urea groups is 1. The Morgan fingerprint density at radius 1 is 1.24 bits per heavy atom. The van der Waals surface area contributed by atoms with Crippen LogP contribution in [0.3, 0.4) is 0 Å². The SMILES string of the molecule is CC(C)(C)NC(=O)Nc1ccc(Br)c(Cl)c1Cl. The number of carbonyl (C=O) groups is 1. The molecule has 0 saturated carbocycles. The number of hydrogen-bond acceptors (Lipinski definition) is 1. The minimum absolute atomic E-state index is 0.310. The molecule has 0 atom stereocenters. The maximum atomic E-state index is 11.6. The molecule has 0 aliphatic carbocycles. The molecule has 3 nitrogen and oxygen atoms in total. The van der Waals surface area contributed by atoms with Gasteiger partial charge in [0.15, 0.2) is 0 Å². The van der Waals surface area contributed by atoms with Crippen molar-refractivity contribution in [3.8, 4) is 0 Å². The predicted octanol–water partition coefficient (Wildman–Crippen LogP) is 4.68. The van der Waals surface area contributed by atoms with Crippen molar-refractivity contribution in [1.29, 1.82) is 0 Å². The fraction of sp³-hybridized carbons (Fsp3) is 0.364. The average Bonchev–Trinajstić information content (AvgIpc) is 2.16. The van der Waals surface area contributed by atoms with E-state index in [1.165, 1.54) is 0 Å². The van der Waals surface area contributed by atoms with Crippen molar-refractivity contribution in [2.75, 3.05) is 5.32 Å². The van der Waals surface area contributed by atoms with E-state index in [-0.39, 0.29) is 11.6 Å². The molecule has 1 aromatic rings. The molecule has 0 aliphatic rings. The van der Waals surface area contributed by atoms with E-state index in [1.54, 1.807) is 12.1 Å². The van der Waals surface area contributed by atoms with E-state index in [9.17, 15) is 4.79 Å². The Morgan fingerprint density at radius 3 is 2.35 bits per heavy atom. The Hall–Kier alpha value is -0.450. The number of hydrogen-bond donors (Lipinski definition) is 2. The summed E-state index contributed by atoms with van der Waals surface area (Å²) in [5.41, 5.74) is 0.164. The maximum Gasteiger partial charge on any atom is 0.319 e. The number of amides is 2. The van der Waals surface area contributed by atoms with Crippen molar-refractivity contribution < 1.29 is 4.79 Å². The first-order valence-electron chi connectivity index (χ1n) is 4.93. The van der Waals surface area contributed by atoms with E-state index in [4.69, 9.17) is 23.2 Å². The van der Waals surface area contributed by atoms with Gasteiger partial charge in [-0.15, -0.1) is 0 Å². The second-order valence-electron chi connectivity index (χ2n) is 4.55. The van der Waals surface area contributed by atoms with Crippen LogP contribution in [0, 0.1) is 0 Å². The number of carbonyl (C=O) groups excluding carboxylic acids is 1. The molecule has 0 fully saturated rings. The molecule has 1 aromatic carbocycles. The number of halogens is 3. The second kappa shape index (κ2) is 5.46. The second-order valence-corrected chi connectivity index (χ2v) is 6.16. The average molecular weight is 340 g/mol. The maximum absolute atomic E-state index is 11.6. The lowest BCUT2D eigenvalue weighted by atomic mass is 10.1. The zero-order valence-electron chi connectivity index (χ0n) is 9.70. The fourth-order valence-corrected chi connectivity index (χ4v) is 1.94. The molecule has 0 heterocycles. The van der Waals surface area contributed by atoms with Crippen LogP contribution in [0.4, 0.5) is 10.5 Å². The van der Waals surface area contributed by atoms with Gasteiger partial charge in [0.25, 0.3) is 0 Å². The Labute approximate surface area is 119 Å². The number of benzene rings is 1. The van der Waals surface area contributed by atoms with Gasteiger partial charge >= 0.3 is 6.03 Å². The quantitative estimate of drug-likeness (QED) is 0.717. The summed E-state index contributed by atoms with van der Waals surface area (Å²) >= 11 is 15.2. The first-order chi connectivity index (χ1) is 7.70. The summed E-state index contributed by atoms with van der Waals surface area (Å²) in [5, 5.41) is 6.10. The smallest absolute Gasteiger partial charge is 0.319 e. The summed E-state index contributed by atoms with van der Waals surface area (Å²) in [6, 6.07) is 3.08. The van der Waals surface area contributed by atoms with Crippen LogP contribution in [0.2, 0.25) is 10.0 Å². The largest absolute Gasteiger partial charge is 0.333 e. The zero-order valence-corrected chi connectivity index (χ0v) is 12.8. The molecule has 6 heteroatoms. The van der Waals surface area contributed by atoms with Gasteiger partial charge in [-0.3, -0.25) is 0 Å². The molecule has 2 amide bonds. The third-order valence-electron chi connectivity index (χ3n) is 1.77. The minimum atomic E-state index is -0.321. The van der Waals surface area contributed by atoms with Crippen molar-refractivity contribution in [2.45, 2.75) is 26.3 Å². The van der Waals surface area contributed by atoms with E-state index in [0.29, 0.717) is 20.2 Å². The van der Waals surface area contributed by atoms with E-state index >= 15 is 0 Å². The van der Waals surface area contributed by atoms with Gasteiger partial charge in [0.1, 0.15) is 0 Å². The van der Waals surface area contributed by atoms with Gasteiger partial charge in [0.05, 0.1) is 15.7 Å². The van der Waals surface area contributed by atoms with Crippen LogP contribution in [-0.2, 0) is 0 Å². The Balaban J connectivity index is 2.83. The topological polar surface area (TPSA) is 41.1 Å².